The van der Waals surface area contributed by atoms with Gasteiger partial charge in [0.05, 0.1) is 52.9 Å². The van der Waals surface area contributed by atoms with E-state index in [0.29, 0.717) is 44.5 Å². The molecule has 0 saturated carbocycles. The monoisotopic (exact) mass is 2040 g/mol. The van der Waals surface area contributed by atoms with Crippen LogP contribution < -0.4 is 62.1 Å². The highest BCUT2D eigenvalue weighted by atomic mass is 31.2. The molecule has 44 nitrogen and oxygen atoms in total. The van der Waals surface area contributed by atoms with E-state index in [2.05, 4.69) is 19.9 Å². The van der Waals surface area contributed by atoms with Gasteiger partial charge in [-0.3, -0.25) is 54.5 Å². The van der Waals surface area contributed by atoms with Gasteiger partial charge in [0.1, 0.15) is 123 Å². The van der Waals surface area contributed by atoms with Crippen molar-refractivity contribution in [1.82, 2.24) is 38.2 Å². The first-order valence-corrected chi connectivity index (χ1v) is 51.4. The zero-order chi connectivity index (χ0) is 102. The summed E-state index contributed by atoms with van der Waals surface area (Å²) in [6, 6.07) is 15.4. The number of aromatic nitrogens is 8. The zero-order valence-electron chi connectivity index (χ0n) is 80.4. The molecule has 8 heterocycles. The summed E-state index contributed by atoms with van der Waals surface area (Å²) in [6.07, 6.45) is -12.1. The highest BCUT2D eigenvalue weighted by Gasteiger charge is 2.47. The smallest absolute Gasteiger partial charge is 0.472 e. The fraction of sp³-hybridized carbons (Fsp3) is 0.565. The molecule has 4 aliphatic heterocycles. The summed E-state index contributed by atoms with van der Waals surface area (Å²) in [5.74, 6) is -2.35. The van der Waals surface area contributed by atoms with Crippen molar-refractivity contribution in [2.45, 2.75) is 258 Å². The van der Waals surface area contributed by atoms with Crippen molar-refractivity contribution < 1.29 is 153 Å². The third-order valence-electron chi connectivity index (χ3n) is 24.4. The Morgan fingerprint density at radius 3 is 0.650 bits per heavy atom. The molecule has 8 bridgehead atoms. The summed E-state index contributed by atoms with van der Waals surface area (Å²) in [5.41, 5.74) is 0.351. The van der Waals surface area contributed by atoms with Crippen molar-refractivity contribution in [2.75, 3.05) is 79.3 Å². The predicted molar refractivity (Wildman–Crippen MR) is 490 cm³/mol. The summed E-state index contributed by atoms with van der Waals surface area (Å²) >= 11 is 0. The molecule has 0 amide bonds. The second-order valence-corrected chi connectivity index (χ2v) is 44.9. The topological polar surface area (TPSA) is 610 Å². The Balaban J connectivity index is 0.923. The summed E-state index contributed by atoms with van der Waals surface area (Å²) in [7, 11) is -20.7. The van der Waals surface area contributed by atoms with Gasteiger partial charge in [-0.1, -0.05) is 132 Å². The van der Waals surface area contributed by atoms with Crippen LogP contribution >= 0.6 is 31.3 Å². The number of phosphoric acid groups is 4. The van der Waals surface area contributed by atoms with Gasteiger partial charge in [-0.25, -0.2) is 57.4 Å². The lowest BCUT2D eigenvalue weighted by molar-refractivity contribution is -0.277. The summed E-state index contributed by atoms with van der Waals surface area (Å²) in [4.78, 5) is 113. The quantitative estimate of drug-likeness (QED) is 0.0149. The van der Waals surface area contributed by atoms with Crippen LogP contribution in [0.5, 0.6) is 46.5 Å². The first-order chi connectivity index (χ1) is 65.5. The lowest BCUT2D eigenvalue weighted by Gasteiger charge is -2.29. The number of nitrogens with zero attached hydrogens (tertiary/aromatic N) is 8. The number of ether oxygens (including phenoxy) is 8. The molecule has 4 aromatic heterocycles. The van der Waals surface area contributed by atoms with Crippen LogP contribution in [0.4, 0.5) is 0 Å². The third-order valence-corrected chi connectivity index (χ3v) is 28.6. The number of phosphoric ester groups is 4. The van der Waals surface area contributed by atoms with Gasteiger partial charge in [0.2, 0.25) is 0 Å². The van der Waals surface area contributed by atoms with Crippen LogP contribution in [-0.4, -0.2) is 206 Å². The van der Waals surface area contributed by atoms with Crippen molar-refractivity contribution in [3.8, 4) is 46.5 Å². The Kier molecular flexibility index (Phi) is 33.6. The van der Waals surface area contributed by atoms with Gasteiger partial charge in [-0.05, 0) is 162 Å². The minimum Gasteiger partial charge on any atom is -0.858 e. The van der Waals surface area contributed by atoms with Gasteiger partial charge in [0.15, 0.2) is 0 Å². The number of fused-ring (bicyclic) bond motifs is 8. The maximum atomic E-state index is 14.3. The summed E-state index contributed by atoms with van der Waals surface area (Å²) in [5, 5.41) is 91.3. The third kappa shape index (κ3) is 26.4. The van der Waals surface area contributed by atoms with Crippen molar-refractivity contribution >= 4 is 31.3 Å². The molecule has 5 aliphatic rings. The fourth-order valence-electron chi connectivity index (χ4n) is 17.0. The first-order valence-electron chi connectivity index (χ1n) is 45.4. The second-order valence-electron chi connectivity index (χ2n) is 39.2. The van der Waals surface area contributed by atoms with E-state index < -0.39 is 252 Å². The average Bonchev–Trinajstić information content (AvgIpc) is 0.971. The normalized spacial score (nSPS) is 23.1. The minimum atomic E-state index is -5.19. The van der Waals surface area contributed by atoms with Crippen molar-refractivity contribution in [1.29, 1.82) is 0 Å². The molecule has 4 unspecified atom stereocenters. The Bertz CT molecular complexity index is 5480. The number of aliphatic hydroxyl groups excluding tert-OH is 4. The van der Waals surface area contributed by atoms with Gasteiger partial charge < -0.3 is 98.3 Å². The molecule has 4 saturated heterocycles. The van der Waals surface area contributed by atoms with E-state index in [9.17, 15) is 97.9 Å². The van der Waals surface area contributed by atoms with Crippen LogP contribution in [0.3, 0.4) is 0 Å². The fourth-order valence-corrected chi connectivity index (χ4v) is 20.7. The standard InChI is InChI=1S/C92H124N8O36P4/c1-49-41-97(85(109)93-81(49)105)73-37-65(69(45-101)129-73)133-137(113,114)125-21-17-121-77-53-25-55-31-62(90(8,9)10)33-57(78(55)122-18-22-126-138(115,116)134-66-38-74(130-70(66)46-102)98-42-50(2)82(106)94-86(98)110)27-59-35-64(92(14,15)16)36-60(80(59)124-20-24-128-140(119,120)136-68-40-76(132-72(68)48-104)100-44-52(4)84(108)96-88(100)112)28-58-34-63(91(11,12)13)32-56(26-54(77)30-61(29-53)89(5,6)7)79(58)123-19-23-127-139(117,118)135-67-39-75(131-71(67)47-103)99-43-51(3)83(107)95-87(99)111/h29-36,41-44,65-76,101-104H,17-28,37-40,45-48H2,1-16H3,(H,113,114)(H,115,116)(H,117,118)(H,119,120)(H,93,105,109)(H,94,106,110)(H,95,107,111)(H,96,108,112)/p-4/t65-,66-,67-,68-,69+,70+,71+,72+,73+,74+,75+,76+/m0/s1. The number of benzene rings is 4. The molecule has 16 atom stereocenters. The summed E-state index contributed by atoms with van der Waals surface area (Å²) in [6.45, 7) is 21.9. The molecule has 0 spiro atoms. The first kappa shape index (κ1) is 108. The van der Waals surface area contributed by atoms with Crippen LogP contribution in [0.1, 0.15) is 223 Å². The molecular formula is C92H120N8O36P4-4. The van der Waals surface area contributed by atoms with E-state index in [1.54, 1.807) is 0 Å². The Morgan fingerprint density at radius 1 is 0.321 bits per heavy atom. The molecule has 8 aromatic rings. The number of rotatable bonds is 36. The van der Waals surface area contributed by atoms with Gasteiger partial charge in [-0.2, -0.15) is 0 Å². The molecule has 48 heteroatoms. The van der Waals surface area contributed by atoms with Crippen LogP contribution in [0.25, 0.3) is 0 Å². The molecule has 13 rings (SSSR count). The van der Waals surface area contributed by atoms with Crippen LogP contribution in [0.15, 0.2) is 92.5 Å². The van der Waals surface area contributed by atoms with Crippen molar-refractivity contribution in [2.24, 2.45) is 0 Å². The van der Waals surface area contributed by atoms with Crippen molar-refractivity contribution in [3.05, 3.63) is 204 Å². The van der Waals surface area contributed by atoms with Gasteiger partial charge in [0.25, 0.3) is 0 Å². The summed E-state index contributed by atoms with van der Waals surface area (Å²) < 4.78 is 159. The molecule has 0 radical (unpaired) electrons. The molecule has 8 N–H and O–H groups in total. The van der Waals surface area contributed by atoms with E-state index >= 15 is 0 Å². The van der Waals surface area contributed by atoms with E-state index in [-0.39, 0.29) is 96.6 Å². The Hall–Kier alpha value is -9.08. The maximum Gasteiger partial charge on any atom is 0.472 e. The van der Waals surface area contributed by atoms with Crippen molar-refractivity contribution in [3.63, 3.8) is 0 Å². The molecule has 4 fully saturated rings. The maximum absolute atomic E-state index is 14.3. The van der Waals surface area contributed by atoms with E-state index in [1.165, 1.54) is 52.5 Å². The lowest BCUT2D eigenvalue weighted by atomic mass is 9.79. The van der Waals surface area contributed by atoms with Gasteiger partial charge in [0, 0.05) is 76.2 Å². The largest absolute Gasteiger partial charge is 0.858 e. The Morgan fingerprint density at radius 2 is 0.493 bits per heavy atom. The van der Waals surface area contributed by atoms with Gasteiger partial charge >= 0.3 is 54.0 Å². The second kappa shape index (κ2) is 43.5. The molecule has 768 valence electrons. The van der Waals surface area contributed by atoms with Crippen LogP contribution in [0, 0.1) is 27.7 Å². The number of aliphatic hydroxyl groups is 4. The zero-order valence-corrected chi connectivity index (χ0v) is 84.0. The molecule has 1 aliphatic carbocycles. The minimum absolute atomic E-state index is 0.0928. The SMILES string of the molecule is Cc1cn([C@H]2C[C@H](OP(=O)(O)OCCOc3c4cc(C(C)(C)C)cc3Cc3cc(C(C)(C)C)cc(c3OCCOP(=O)(O)O[C@H]3C[C@H](n5cc(C)c([O-])nc5=O)O[C@@H]3CO)Cc3cc(C(C)(C)C)cc(c3OCCOP(=O)(O)O[C@H]3C[C@H](n5cc(C)c([O-])nc5=O)O[C@@H]3CO)Cc3cc(C(C)(C)C)cc(c3OCCOP(=O)(O)O[C@H]3C[C@H](n5cc(C)c([O-])nc5=O)O[C@@H]3CO)C4)[C@@H](CO)O2)c(=O)nc1[O-]. The average molecular weight is 2040 g/mol. The lowest BCUT2D eigenvalue weighted by Crippen LogP contribution is -2.29. The predicted octanol–water partition coefficient (Wildman–Crippen LogP) is 6.75. The van der Waals surface area contributed by atoms with E-state index in [0.717, 1.165) is 40.5 Å². The van der Waals surface area contributed by atoms with E-state index in [1.807, 2.05) is 132 Å². The number of hydrogen-bond acceptors (Lipinski definition) is 36. The molecular weight excluding hydrogens is 1920 g/mol. The van der Waals surface area contributed by atoms with Crippen LogP contribution in [0.2, 0.25) is 0 Å². The molecule has 4 aromatic carbocycles. The number of aryl methyl sites for hydroxylation is 4. The van der Waals surface area contributed by atoms with E-state index in [4.69, 9.17) is 74.1 Å². The Labute approximate surface area is 806 Å². The molecule has 140 heavy (non-hydrogen) atoms. The van der Waals surface area contributed by atoms with Gasteiger partial charge in [-0.15, -0.1) is 0 Å². The highest BCUT2D eigenvalue weighted by molar-refractivity contribution is 7.48. The van der Waals surface area contributed by atoms with Crippen LogP contribution in [-0.2, 0) is 121 Å². The number of hydrogen-bond donors (Lipinski definition) is 8. The highest BCUT2D eigenvalue weighted by Crippen LogP contribution is 2.54.